The molecule has 1 aromatic rings. The fourth-order valence-electron chi connectivity index (χ4n) is 2.54. The third-order valence-electron chi connectivity index (χ3n) is 3.86. The third kappa shape index (κ3) is 1.81. The molecule has 2 unspecified atom stereocenters. The summed E-state index contributed by atoms with van der Waals surface area (Å²) < 4.78 is 5.97. The number of hydrogen-bond acceptors (Lipinski definition) is 1. The zero-order chi connectivity index (χ0) is 10.9. The largest absolute Gasteiger partial charge is 0.374 e. The van der Waals surface area contributed by atoms with E-state index in [9.17, 15) is 0 Å². The summed E-state index contributed by atoms with van der Waals surface area (Å²) in [6.45, 7) is 7.65. The van der Waals surface area contributed by atoms with Crippen molar-refractivity contribution in [2.75, 3.05) is 6.61 Å². The van der Waals surface area contributed by atoms with Gasteiger partial charge in [-0.3, -0.25) is 0 Å². The first-order valence-electron chi connectivity index (χ1n) is 5.83. The van der Waals surface area contributed by atoms with Gasteiger partial charge in [-0.15, -0.1) is 0 Å². The number of benzene rings is 1. The van der Waals surface area contributed by atoms with E-state index in [2.05, 4.69) is 51.1 Å². The van der Waals surface area contributed by atoms with Gasteiger partial charge in [0, 0.05) is 12.5 Å². The SMILES string of the molecule is CC(C)C1(C)OCCC1c1ccccc1. The first kappa shape index (κ1) is 10.7. The molecule has 1 heteroatoms. The topological polar surface area (TPSA) is 9.23 Å². The Kier molecular flexibility index (Phi) is 2.83. The normalized spacial score (nSPS) is 31.1. The van der Waals surface area contributed by atoms with Crippen molar-refractivity contribution in [3.8, 4) is 0 Å². The molecular weight excluding hydrogens is 184 g/mol. The molecule has 0 bridgehead atoms. The van der Waals surface area contributed by atoms with Crippen LogP contribution in [0.2, 0.25) is 0 Å². The molecule has 1 aliphatic rings. The summed E-state index contributed by atoms with van der Waals surface area (Å²) in [5.74, 6) is 1.11. The fraction of sp³-hybridized carbons (Fsp3) is 0.571. The Morgan fingerprint density at radius 2 is 1.93 bits per heavy atom. The molecule has 0 amide bonds. The van der Waals surface area contributed by atoms with Gasteiger partial charge in [0.05, 0.1) is 5.60 Å². The maximum Gasteiger partial charge on any atom is 0.0746 e. The molecule has 1 fully saturated rings. The second-order valence-electron chi connectivity index (χ2n) is 4.94. The Labute approximate surface area is 92.5 Å². The summed E-state index contributed by atoms with van der Waals surface area (Å²) in [7, 11) is 0. The molecule has 0 aliphatic carbocycles. The minimum Gasteiger partial charge on any atom is -0.374 e. The molecule has 0 aromatic heterocycles. The summed E-state index contributed by atoms with van der Waals surface area (Å²) in [5.41, 5.74) is 1.44. The van der Waals surface area contributed by atoms with Crippen molar-refractivity contribution in [1.82, 2.24) is 0 Å². The monoisotopic (exact) mass is 204 g/mol. The molecule has 15 heavy (non-hydrogen) atoms. The molecule has 1 heterocycles. The second kappa shape index (κ2) is 3.97. The lowest BCUT2D eigenvalue weighted by molar-refractivity contribution is -0.0269. The van der Waals surface area contributed by atoms with Crippen molar-refractivity contribution in [1.29, 1.82) is 0 Å². The van der Waals surface area contributed by atoms with Gasteiger partial charge in [0.15, 0.2) is 0 Å². The van der Waals surface area contributed by atoms with E-state index < -0.39 is 0 Å². The number of ether oxygens (including phenoxy) is 1. The maximum absolute atomic E-state index is 5.97. The minimum atomic E-state index is 0.0152. The quantitative estimate of drug-likeness (QED) is 0.715. The van der Waals surface area contributed by atoms with Crippen molar-refractivity contribution >= 4 is 0 Å². The highest BCUT2D eigenvalue weighted by Gasteiger charge is 2.43. The summed E-state index contributed by atoms with van der Waals surface area (Å²) in [5, 5.41) is 0. The van der Waals surface area contributed by atoms with Gasteiger partial charge in [0.2, 0.25) is 0 Å². The Hall–Kier alpha value is -0.820. The minimum absolute atomic E-state index is 0.0152. The van der Waals surface area contributed by atoms with Gasteiger partial charge in [0.1, 0.15) is 0 Å². The number of rotatable bonds is 2. The van der Waals surface area contributed by atoms with Crippen LogP contribution in [0.3, 0.4) is 0 Å². The Bertz CT molecular complexity index is 317. The van der Waals surface area contributed by atoms with Crippen LogP contribution < -0.4 is 0 Å². The van der Waals surface area contributed by atoms with Crippen LogP contribution in [-0.2, 0) is 4.74 Å². The van der Waals surface area contributed by atoms with Crippen LogP contribution in [0.1, 0.15) is 38.7 Å². The highest BCUT2D eigenvalue weighted by atomic mass is 16.5. The van der Waals surface area contributed by atoms with Crippen LogP contribution in [0.5, 0.6) is 0 Å². The van der Waals surface area contributed by atoms with Crippen molar-refractivity contribution in [2.24, 2.45) is 5.92 Å². The summed E-state index contributed by atoms with van der Waals surface area (Å²) in [6.07, 6.45) is 1.15. The molecule has 1 saturated heterocycles. The number of hydrogen-bond donors (Lipinski definition) is 0. The lowest BCUT2D eigenvalue weighted by Crippen LogP contribution is -2.36. The van der Waals surface area contributed by atoms with Gasteiger partial charge >= 0.3 is 0 Å². The Morgan fingerprint density at radius 3 is 2.53 bits per heavy atom. The average molecular weight is 204 g/mol. The lowest BCUT2D eigenvalue weighted by atomic mass is 9.76. The van der Waals surface area contributed by atoms with E-state index >= 15 is 0 Å². The average Bonchev–Trinajstić information content (AvgIpc) is 2.63. The predicted octanol–water partition coefficient (Wildman–Crippen LogP) is 3.61. The van der Waals surface area contributed by atoms with E-state index in [1.807, 2.05) is 0 Å². The lowest BCUT2D eigenvalue weighted by Gasteiger charge is -2.34. The van der Waals surface area contributed by atoms with Gasteiger partial charge in [0.25, 0.3) is 0 Å². The van der Waals surface area contributed by atoms with E-state index in [4.69, 9.17) is 4.74 Å². The van der Waals surface area contributed by atoms with Gasteiger partial charge in [-0.2, -0.15) is 0 Å². The van der Waals surface area contributed by atoms with Crippen LogP contribution in [0.4, 0.5) is 0 Å². The van der Waals surface area contributed by atoms with Crippen LogP contribution in [0.25, 0.3) is 0 Å². The molecular formula is C14H20O. The first-order valence-corrected chi connectivity index (χ1v) is 5.83. The molecule has 1 aromatic carbocycles. The molecule has 82 valence electrons. The smallest absolute Gasteiger partial charge is 0.0746 e. The highest BCUT2D eigenvalue weighted by Crippen LogP contribution is 2.44. The highest BCUT2D eigenvalue weighted by molar-refractivity contribution is 5.24. The standard InChI is InChI=1S/C14H20O/c1-11(2)14(3)13(9-10-15-14)12-7-5-4-6-8-12/h4-8,11,13H,9-10H2,1-3H3. The van der Waals surface area contributed by atoms with Crippen molar-refractivity contribution in [3.63, 3.8) is 0 Å². The second-order valence-corrected chi connectivity index (χ2v) is 4.94. The van der Waals surface area contributed by atoms with Gasteiger partial charge in [-0.05, 0) is 24.8 Å². The molecule has 0 radical (unpaired) electrons. The van der Waals surface area contributed by atoms with Crippen molar-refractivity contribution in [2.45, 2.75) is 38.7 Å². The van der Waals surface area contributed by atoms with Crippen LogP contribution >= 0.6 is 0 Å². The third-order valence-corrected chi connectivity index (χ3v) is 3.86. The van der Waals surface area contributed by atoms with Gasteiger partial charge < -0.3 is 4.74 Å². The first-order chi connectivity index (χ1) is 7.14. The molecule has 2 rings (SSSR count). The molecule has 0 saturated carbocycles. The maximum atomic E-state index is 5.97. The zero-order valence-electron chi connectivity index (χ0n) is 9.86. The van der Waals surface area contributed by atoms with Crippen molar-refractivity contribution in [3.05, 3.63) is 35.9 Å². The fourth-order valence-corrected chi connectivity index (χ4v) is 2.54. The molecule has 0 spiro atoms. The summed E-state index contributed by atoms with van der Waals surface area (Å²) in [6, 6.07) is 10.8. The van der Waals surface area contributed by atoms with Crippen LogP contribution in [-0.4, -0.2) is 12.2 Å². The molecule has 1 nitrogen and oxygen atoms in total. The van der Waals surface area contributed by atoms with Crippen LogP contribution in [0.15, 0.2) is 30.3 Å². The van der Waals surface area contributed by atoms with Gasteiger partial charge in [-0.1, -0.05) is 44.2 Å². The van der Waals surface area contributed by atoms with E-state index in [1.54, 1.807) is 0 Å². The van der Waals surface area contributed by atoms with E-state index in [1.165, 1.54) is 5.56 Å². The van der Waals surface area contributed by atoms with E-state index in [-0.39, 0.29) is 5.60 Å². The Balaban J connectivity index is 2.30. The van der Waals surface area contributed by atoms with Gasteiger partial charge in [-0.25, -0.2) is 0 Å². The zero-order valence-corrected chi connectivity index (χ0v) is 9.86. The summed E-state index contributed by atoms with van der Waals surface area (Å²) in [4.78, 5) is 0. The Morgan fingerprint density at radius 1 is 1.27 bits per heavy atom. The van der Waals surface area contributed by atoms with E-state index in [0.717, 1.165) is 13.0 Å². The summed E-state index contributed by atoms with van der Waals surface area (Å²) >= 11 is 0. The molecule has 1 aliphatic heterocycles. The molecule has 2 atom stereocenters. The predicted molar refractivity (Wildman–Crippen MR) is 63.0 cm³/mol. The van der Waals surface area contributed by atoms with Crippen LogP contribution in [0, 0.1) is 5.92 Å². The molecule has 0 N–H and O–H groups in total. The van der Waals surface area contributed by atoms with E-state index in [0.29, 0.717) is 11.8 Å². The van der Waals surface area contributed by atoms with Crippen molar-refractivity contribution < 1.29 is 4.74 Å².